The monoisotopic (exact) mass is 338 g/mol. The van der Waals surface area contributed by atoms with Crippen molar-refractivity contribution < 1.29 is 9.13 Å². The Balaban J connectivity index is 1.88. The van der Waals surface area contributed by atoms with Gasteiger partial charge in [-0.3, -0.25) is 0 Å². The van der Waals surface area contributed by atoms with Crippen molar-refractivity contribution in [1.82, 2.24) is 0 Å². The van der Waals surface area contributed by atoms with Crippen LogP contribution in [0.4, 0.5) is 4.39 Å². The van der Waals surface area contributed by atoms with Crippen molar-refractivity contribution in [2.45, 2.75) is 50.0 Å². The third-order valence-corrected chi connectivity index (χ3v) is 5.09. The molecule has 1 saturated carbocycles. The Morgan fingerprint density at radius 2 is 1.96 bits per heavy atom. The Hall–Kier alpha value is -2.43. The van der Waals surface area contributed by atoms with E-state index in [2.05, 4.69) is 18.2 Å². The zero-order valence-electron chi connectivity index (χ0n) is 14.5. The van der Waals surface area contributed by atoms with E-state index in [9.17, 15) is 4.39 Å². The highest BCUT2D eigenvalue weighted by Gasteiger charge is 2.34. The lowest BCUT2D eigenvalue weighted by Gasteiger charge is -2.39. The van der Waals surface area contributed by atoms with E-state index >= 15 is 0 Å². The van der Waals surface area contributed by atoms with Gasteiger partial charge in [0.05, 0.1) is 17.2 Å². The van der Waals surface area contributed by atoms with Gasteiger partial charge in [-0.1, -0.05) is 24.3 Å². The van der Waals surface area contributed by atoms with Crippen molar-refractivity contribution in [2.24, 2.45) is 0 Å². The molecule has 1 aromatic rings. The van der Waals surface area contributed by atoms with Crippen LogP contribution in [-0.4, -0.2) is 12.7 Å². The average molecular weight is 338 g/mol. The van der Waals surface area contributed by atoms with Gasteiger partial charge in [0, 0.05) is 7.11 Å². The van der Waals surface area contributed by atoms with E-state index in [1.807, 2.05) is 18.2 Å². The van der Waals surface area contributed by atoms with Crippen molar-refractivity contribution >= 4 is 0 Å². The highest BCUT2D eigenvalue weighted by atomic mass is 19.1. The molecule has 1 aliphatic carbocycles. The first-order chi connectivity index (χ1) is 12.1. The topological polar surface area (TPSA) is 56.8 Å². The summed E-state index contributed by atoms with van der Waals surface area (Å²) < 4.78 is 18.5. The molecule has 0 saturated heterocycles. The maximum atomic E-state index is 12.7. The molecule has 0 aliphatic heterocycles. The normalized spacial score (nSPS) is 24.0. The number of nitriles is 2. The number of hydrogen-bond donors (Lipinski definition) is 0. The first kappa shape index (κ1) is 18.9. The van der Waals surface area contributed by atoms with Gasteiger partial charge in [-0.2, -0.15) is 14.9 Å². The smallest absolute Gasteiger partial charge is 0.199 e. The zero-order chi connectivity index (χ0) is 18.1. The van der Waals surface area contributed by atoms with Crippen LogP contribution >= 0.6 is 0 Å². The number of methoxy groups -OCH3 is 1. The van der Waals surface area contributed by atoms with Crippen LogP contribution in [0.2, 0.25) is 0 Å². The molecule has 0 radical (unpaired) electrons. The number of halogens is 1. The number of nitrogens with zero attached hydrogens (tertiary/aromatic N) is 2. The fourth-order valence-corrected chi connectivity index (χ4v) is 3.50. The predicted molar refractivity (Wildman–Crippen MR) is 95.3 cm³/mol. The molecule has 3 nitrogen and oxygen atoms in total. The molecular formula is C21H23FN2O. The second-order valence-corrected chi connectivity index (χ2v) is 6.49. The molecule has 0 N–H and O–H groups in total. The summed E-state index contributed by atoms with van der Waals surface area (Å²) in [6.07, 6.45) is 10.4. The summed E-state index contributed by atoms with van der Waals surface area (Å²) in [5, 5.41) is 17.3. The zero-order valence-corrected chi connectivity index (χ0v) is 14.5. The minimum atomic E-state index is -0.777. The van der Waals surface area contributed by atoms with Gasteiger partial charge in [-0.15, -0.1) is 0 Å². The van der Waals surface area contributed by atoms with Crippen LogP contribution < -0.4 is 0 Å². The second kappa shape index (κ2) is 9.16. The molecule has 1 aliphatic rings. The summed E-state index contributed by atoms with van der Waals surface area (Å²) in [5.41, 5.74) is 1.87. The molecule has 0 bridgehead atoms. The Morgan fingerprint density at radius 1 is 1.28 bits per heavy atom. The van der Waals surface area contributed by atoms with Crippen molar-refractivity contribution in [1.29, 1.82) is 10.5 Å². The van der Waals surface area contributed by atoms with Crippen molar-refractivity contribution in [2.75, 3.05) is 7.11 Å². The Bertz CT molecular complexity index is 699. The van der Waals surface area contributed by atoms with Gasteiger partial charge in [0.1, 0.15) is 6.07 Å². The lowest BCUT2D eigenvalue weighted by Crippen LogP contribution is -2.35. The van der Waals surface area contributed by atoms with Crippen LogP contribution in [0.15, 0.2) is 48.3 Å². The summed E-state index contributed by atoms with van der Waals surface area (Å²) >= 11 is 0. The van der Waals surface area contributed by atoms with Gasteiger partial charge in [-0.05, 0) is 68.2 Å². The van der Waals surface area contributed by atoms with Gasteiger partial charge < -0.3 is 4.74 Å². The van der Waals surface area contributed by atoms with E-state index in [1.165, 1.54) is 17.7 Å². The largest absolute Gasteiger partial charge is 0.378 e. The van der Waals surface area contributed by atoms with E-state index in [1.54, 1.807) is 13.2 Å². The SMILES string of the molecule is CO[C@]1(CCC=CC=C(F)C#N)CC[C@H](c2ccc(C#N)cc2)CC1. The van der Waals surface area contributed by atoms with Gasteiger partial charge in [0.25, 0.3) is 0 Å². The minimum Gasteiger partial charge on any atom is -0.378 e. The van der Waals surface area contributed by atoms with Gasteiger partial charge >= 0.3 is 0 Å². The molecule has 0 spiro atoms. The van der Waals surface area contributed by atoms with E-state index in [4.69, 9.17) is 15.3 Å². The fraction of sp³-hybridized carbons (Fsp3) is 0.429. The maximum absolute atomic E-state index is 12.7. The first-order valence-corrected chi connectivity index (χ1v) is 8.60. The predicted octanol–water partition coefficient (Wildman–Crippen LogP) is 5.31. The molecule has 4 heteroatoms. The van der Waals surface area contributed by atoms with E-state index < -0.39 is 5.83 Å². The average Bonchev–Trinajstić information content (AvgIpc) is 2.68. The third-order valence-electron chi connectivity index (χ3n) is 5.09. The number of hydrogen-bond acceptors (Lipinski definition) is 3. The van der Waals surface area contributed by atoms with E-state index in [0.717, 1.165) is 38.5 Å². The number of ether oxygens (including phenoxy) is 1. The minimum absolute atomic E-state index is 0.120. The number of rotatable bonds is 6. The maximum Gasteiger partial charge on any atom is 0.199 e. The third kappa shape index (κ3) is 5.28. The number of allylic oxidation sites excluding steroid dienone is 4. The Labute approximate surface area is 149 Å². The quantitative estimate of drug-likeness (QED) is 0.521. The Kier molecular flexibility index (Phi) is 6.92. The van der Waals surface area contributed by atoms with Crippen LogP contribution in [0, 0.1) is 22.7 Å². The van der Waals surface area contributed by atoms with E-state index in [-0.39, 0.29) is 5.60 Å². The number of benzene rings is 1. The molecule has 0 heterocycles. The standard InChI is InChI=1S/C21H23FN2O/c1-25-21(12-4-2-3-5-20(22)16-24)13-10-19(11-14-21)18-8-6-17(15-23)7-9-18/h2-3,5-9,19H,4,10-14H2,1H3/t19-,21+. The molecule has 0 unspecified atom stereocenters. The van der Waals surface area contributed by atoms with Crippen LogP contribution in [0.3, 0.4) is 0 Å². The molecule has 25 heavy (non-hydrogen) atoms. The van der Waals surface area contributed by atoms with Crippen molar-refractivity contribution in [3.05, 3.63) is 59.4 Å². The van der Waals surface area contributed by atoms with Crippen LogP contribution in [0.1, 0.15) is 55.6 Å². The molecule has 1 fully saturated rings. The Morgan fingerprint density at radius 3 is 2.52 bits per heavy atom. The van der Waals surface area contributed by atoms with Gasteiger partial charge in [0.2, 0.25) is 0 Å². The first-order valence-electron chi connectivity index (χ1n) is 8.60. The van der Waals surface area contributed by atoms with E-state index in [0.29, 0.717) is 11.5 Å². The van der Waals surface area contributed by atoms with Crippen molar-refractivity contribution in [3.63, 3.8) is 0 Å². The second-order valence-electron chi connectivity index (χ2n) is 6.49. The van der Waals surface area contributed by atoms with Crippen LogP contribution in [0.5, 0.6) is 0 Å². The summed E-state index contributed by atoms with van der Waals surface area (Å²) in [5.74, 6) is -0.264. The van der Waals surface area contributed by atoms with Gasteiger partial charge in [0.15, 0.2) is 5.83 Å². The lowest BCUT2D eigenvalue weighted by molar-refractivity contribution is -0.0483. The van der Waals surface area contributed by atoms with Crippen LogP contribution in [-0.2, 0) is 4.74 Å². The van der Waals surface area contributed by atoms with Crippen LogP contribution in [0.25, 0.3) is 0 Å². The molecule has 0 amide bonds. The molecule has 0 atom stereocenters. The molecule has 1 aromatic carbocycles. The fourth-order valence-electron chi connectivity index (χ4n) is 3.50. The summed E-state index contributed by atoms with van der Waals surface area (Å²) in [6, 6.07) is 11.5. The summed E-state index contributed by atoms with van der Waals surface area (Å²) in [7, 11) is 1.76. The molecule has 2 rings (SSSR count). The summed E-state index contributed by atoms with van der Waals surface area (Å²) in [6.45, 7) is 0. The molecule has 0 aromatic heterocycles. The highest BCUT2D eigenvalue weighted by Crippen LogP contribution is 2.42. The molecular weight excluding hydrogens is 315 g/mol. The van der Waals surface area contributed by atoms with Gasteiger partial charge in [-0.25, -0.2) is 0 Å². The van der Waals surface area contributed by atoms with Crippen molar-refractivity contribution in [3.8, 4) is 12.1 Å². The summed E-state index contributed by atoms with van der Waals surface area (Å²) in [4.78, 5) is 0. The molecule has 130 valence electrons. The highest BCUT2D eigenvalue weighted by molar-refractivity contribution is 5.33. The lowest BCUT2D eigenvalue weighted by atomic mass is 9.74.